The van der Waals surface area contributed by atoms with E-state index in [9.17, 15) is 15.0 Å². The molecule has 5 N–H and O–H groups in total. The third-order valence-corrected chi connectivity index (χ3v) is 2.39. The van der Waals surface area contributed by atoms with Crippen LogP contribution in [0, 0.1) is 0 Å². The molecule has 0 saturated carbocycles. The average molecular weight is 221 g/mol. The Morgan fingerprint density at radius 2 is 2.19 bits per heavy atom. The molecule has 0 radical (unpaired) electrons. The molecular formula is C10H11N3O3. The highest BCUT2D eigenvalue weighted by Crippen LogP contribution is 2.23. The summed E-state index contributed by atoms with van der Waals surface area (Å²) in [7, 11) is 0. The zero-order valence-electron chi connectivity index (χ0n) is 8.29. The number of nitrogens with one attached hydrogen (secondary N) is 1. The Kier molecular flexibility index (Phi) is 2.59. The summed E-state index contributed by atoms with van der Waals surface area (Å²) in [5, 5.41) is 19.2. The van der Waals surface area contributed by atoms with Crippen molar-refractivity contribution in [2.45, 2.75) is 12.2 Å². The van der Waals surface area contributed by atoms with Gasteiger partial charge in [0.2, 0.25) is 5.91 Å². The van der Waals surface area contributed by atoms with Gasteiger partial charge in [-0.05, 0) is 6.07 Å². The molecule has 6 heteroatoms. The number of aliphatic hydroxyl groups excluding tert-OH is 2. The highest BCUT2D eigenvalue weighted by molar-refractivity contribution is 5.82. The number of fused-ring (bicyclic) bond motifs is 1. The standard InChI is InChI=1S/C10H11N3O3/c11-10(16)9(15)8(14)5-2-1-3-6-7(5)13-4-12-6/h1-4,8-9,14-15H,(H2,11,16)(H,12,13). The van der Waals surface area contributed by atoms with Gasteiger partial charge in [0.05, 0.1) is 17.4 Å². The molecule has 0 aliphatic heterocycles. The molecule has 0 bridgehead atoms. The van der Waals surface area contributed by atoms with Crippen LogP contribution in [-0.4, -0.2) is 32.2 Å². The van der Waals surface area contributed by atoms with E-state index in [2.05, 4.69) is 9.97 Å². The third-order valence-electron chi connectivity index (χ3n) is 2.39. The van der Waals surface area contributed by atoms with Crippen LogP contribution in [0.5, 0.6) is 0 Å². The van der Waals surface area contributed by atoms with Gasteiger partial charge in [-0.25, -0.2) is 4.98 Å². The lowest BCUT2D eigenvalue weighted by atomic mass is 10.0. The average Bonchev–Trinajstić information content (AvgIpc) is 2.74. The monoisotopic (exact) mass is 221 g/mol. The smallest absolute Gasteiger partial charge is 0.249 e. The minimum Gasteiger partial charge on any atom is -0.385 e. The number of amides is 1. The molecule has 0 aliphatic rings. The van der Waals surface area contributed by atoms with Crippen LogP contribution in [-0.2, 0) is 4.79 Å². The quantitative estimate of drug-likeness (QED) is 0.556. The zero-order chi connectivity index (χ0) is 11.7. The number of aliphatic hydroxyl groups is 2. The Bertz CT molecular complexity index is 523. The maximum atomic E-state index is 10.8. The van der Waals surface area contributed by atoms with E-state index in [1.807, 2.05) is 0 Å². The van der Waals surface area contributed by atoms with Crippen molar-refractivity contribution in [1.29, 1.82) is 0 Å². The molecule has 1 heterocycles. The van der Waals surface area contributed by atoms with E-state index < -0.39 is 18.1 Å². The van der Waals surface area contributed by atoms with Crippen molar-refractivity contribution in [3.63, 3.8) is 0 Å². The van der Waals surface area contributed by atoms with Gasteiger partial charge in [-0.1, -0.05) is 12.1 Å². The lowest BCUT2D eigenvalue weighted by molar-refractivity contribution is -0.131. The Morgan fingerprint density at radius 3 is 2.88 bits per heavy atom. The topological polar surface area (TPSA) is 112 Å². The number of hydrogen-bond donors (Lipinski definition) is 4. The summed E-state index contributed by atoms with van der Waals surface area (Å²) in [4.78, 5) is 17.6. The van der Waals surface area contributed by atoms with E-state index in [0.717, 1.165) is 0 Å². The molecule has 84 valence electrons. The molecule has 2 rings (SSSR count). The van der Waals surface area contributed by atoms with Gasteiger partial charge in [-0.15, -0.1) is 0 Å². The van der Waals surface area contributed by atoms with Crippen LogP contribution in [0.4, 0.5) is 0 Å². The van der Waals surface area contributed by atoms with E-state index in [0.29, 0.717) is 16.6 Å². The number of imidazole rings is 1. The fourth-order valence-corrected chi connectivity index (χ4v) is 1.55. The minimum absolute atomic E-state index is 0.366. The summed E-state index contributed by atoms with van der Waals surface area (Å²) in [6.07, 6.45) is -1.54. The fourth-order valence-electron chi connectivity index (χ4n) is 1.55. The number of hydrogen-bond acceptors (Lipinski definition) is 4. The van der Waals surface area contributed by atoms with Crippen LogP contribution in [0.2, 0.25) is 0 Å². The van der Waals surface area contributed by atoms with Crippen molar-refractivity contribution >= 4 is 16.9 Å². The third kappa shape index (κ3) is 1.64. The van der Waals surface area contributed by atoms with Crippen LogP contribution >= 0.6 is 0 Å². The SMILES string of the molecule is NC(=O)C(O)C(O)c1cccc2[nH]cnc12. The number of carbonyl (C=O) groups excluding carboxylic acids is 1. The summed E-state index contributed by atoms with van der Waals surface area (Å²) < 4.78 is 0. The number of benzene rings is 1. The Balaban J connectivity index is 2.46. The van der Waals surface area contributed by atoms with Crippen LogP contribution in [0.3, 0.4) is 0 Å². The van der Waals surface area contributed by atoms with Crippen molar-refractivity contribution in [3.05, 3.63) is 30.1 Å². The number of carbonyl (C=O) groups is 1. The van der Waals surface area contributed by atoms with E-state index in [1.54, 1.807) is 18.2 Å². The van der Waals surface area contributed by atoms with E-state index >= 15 is 0 Å². The van der Waals surface area contributed by atoms with Gasteiger partial charge in [0.25, 0.3) is 0 Å². The van der Waals surface area contributed by atoms with E-state index in [1.165, 1.54) is 6.33 Å². The second-order valence-electron chi connectivity index (χ2n) is 3.44. The highest BCUT2D eigenvalue weighted by atomic mass is 16.3. The number of nitrogens with two attached hydrogens (primary N) is 1. The maximum absolute atomic E-state index is 10.8. The zero-order valence-corrected chi connectivity index (χ0v) is 8.29. The van der Waals surface area contributed by atoms with Crippen LogP contribution in [0.15, 0.2) is 24.5 Å². The second kappa shape index (κ2) is 3.92. The first-order chi connectivity index (χ1) is 7.61. The predicted molar refractivity (Wildman–Crippen MR) is 56.3 cm³/mol. The highest BCUT2D eigenvalue weighted by Gasteiger charge is 2.25. The number of para-hydroxylation sites is 1. The minimum atomic E-state index is -1.64. The summed E-state index contributed by atoms with van der Waals surface area (Å²) in [6, 6.07) is 5.04. The second-order valence-corrected chi connectivity index (χ2v) is 3.44. The van der Waals surface area contributed by atoms with Crippen LogP contribution < -0.4 is 5.73 Å². The van der Waals surface area contributed by atoms with Crippen molar-refractivity contribution in [2.24, 2.45) is 5.73 Å². The summed E-state index contributed by atoms with van der Waals surface area (Å²) >= 11 is 0. The summed E-state index contributed by atoms with van der Waals surface area (Å²) in [6.45, 7) is 0. The number of H-pyrrole nitrogens is 1. The fraction of sp³-hybridized carbons (Fsp3) is 0.200. The molecule has 1 aromatic carbocycles. The molecule has 0 aliphatic carbocycles. The molecule has 0 saturated heterocycles. The number of rotatable bonds is 3. The molecule has 6 nitrogen and oxygen atoms in total. The largest absolute Gasteiger partial charge is 0.385 e. The molecular weight excluding hydrogens is 210 g/mol. The molecule has 1 amide bonds. The molecule has 0 fully saturated rings. The van der Waals surface area contributed by atoms with Crippen LogP contribution in [0.1, 0.15) is 11.7 Å². The van der Waals surface area contributed by atoms with Gasteiger partial charge in [0.15, 0.2) is 6.10 Å². The predicted octanol–water partition coefficient (Wildman–Crippen LogP) is -0.558. The van der Waals surface area contributed by atoms with E-state index in [-0.39, 0.29) is 0 Å². The molecule has 2 aromatic rings. The first kappa shape index (κ1) is 10.6. The van der Waals surface area contributed by atoms with Gasteiger partial charge in [-0.2, -0.15) is 0 Å². The summed E-state index contributed by atoms with van der Waals surface area (Å²) in [5.74, 6) is -0.972. The number of aromatic nitrogens is 2. The van der Waals surface area contributed by atoms with Crippen LogP contribution in [0.25, 0.3) is 11.0 Å². The van der Waals surface area contributed by atoms with Crippen molar-refractivity contribution in [3.8, 4) is 0 Å². The van der Waals surface area contributed by atoms with Crippen molar-refractivity contribution in [2.75, 3.05) is 0 Å². The number of primary amides is 1. The molecule has 2 atom stereocenters. The van der Waals surface area contributed by atoms with Gasteiger partial charge in [0.1, 0.15) is 6.10 Å². The lowest BCUT2D eigenvalue weighted by Gasteiger charge is -2.15. The van der Waals surface area contributed by atoms with Gasteiger partial charge in [0, 0.05) is 5.56 Å². The first-order valence-corrected chi connectivity index (χ1v) is 4.68. The summed E-state index contributed by atoms with van der Waals surface area (Å²) in [5.41, 5.74) is 6.51. The van der Waals surface area contributed by atoms with Crippen molar-refractivity contribution in [1.82, 2.24) is 9.97 Å². The number of nitrogens with zero attached hydrogens (tertiary/aromatic N) is 1. The van der Waals surface area contributed by atoms with E-state index in [4.69, 9.17) is 5.73 Å². The van der Waals surface area contributed by atoms with Gasteiger partial charge in [-0.3, -0.25) is 4.79 Å². The first-order valence-electron chi connectivity index (χ1n) is 4.68. The van der Waals surface area contributed by atoms with Gasteiger partial charge < -0.3 is 20.9 Å². The Hall–Kier alpha value is -1.92. The molecule has 2 unspecified atom stereocenters. The van der Waals surface area contributed by atoms with Gasteiger partial charge >= 0.3 is 0 Å². The Morgan fingerprint density at radius 1 is 1.44 bits per heavy atom. The molecule has 0 spiro atoms. The number of aromatic amines is 1. The lowest BCUT2D eigenvalue weighted by Crippen LogP contribution is -2.33. The molecule has 16 heavy (non-hydrogen) atoms. The maximum Gasteiger partial charge on any atom is 0.249 e. The molecule has 1 aromatic heterocycles. The normalized spacial score (nSPS) is 14.9. The van der Waals surface area contributed by atoms with Crippen molar-refractivity contribution < 1.29 is 15.0 Å². The Labute approximate surface area is 90.7 Å².